The second-order valence-corrected chi connectivity index (χ2v) is 5.95. The molecule has 0 aliphatic heterocycles. The van der Waals surface area contributed by atoms with Crippen molar-refractivity contribution < 1.29 is 4.79 Å². The topological polar surface area (TPSA) is 42.0 Å². The van der Waals surface area contributed by atoms with E-state index in [9.17, 15) is 4.79 Å². The Labute approximate surface area is 124 Å². The predicted molar refractivity (Wildman–Crippen MR) is 83.0 cm³/mol. The van der Waals surface area contributed by atoms with Gasteiger partial charge in [0.2, 0.25) is 0 Å². The molecule has 0 radical (unpaired) electrons. The first-order chi connectivity index (χ1) is 9.83. The van der Waals surface area contributed by atoms with E-state index in [0.29, 0.717) is 6.54 Å². The molecule has 0 fully saturated rings. The van der Waals surface area contributed by atoms with Crippen molar-refractivity contribution >= 4 is 28.6 Å². The van der Waals surface area contributed by atoms with Crippen LogP contribution < -0.4 is 5.32 Å². The van der Waals surface area contributed by atoms with Crippen LogP contribution in [0.25, 0.3) is 11.3 Å². The van der Waals surface area contributed by atoms with Crippen molar-refractivity contribution in [3.63, 3.8) is 0 Å². The van der Waals surface area contributed by atoms with E-state index in [1.54, 1.807) is 17.5 Å². The van der Waals surface area contributed by atoms with Gasteiger partial charge < -0.3 is 5.32 Å². The zero-order valence-electron chi connectivity index (χ0n) is 10.6. The highest BCUT2D eigenvalue weighted by Crippen LogP contribution is 2.20. The van der Waals surface area contributed by atoms with Gasteiger partial charge in [-0.2, -0.15) is 11.3 Å². The van der Waals surface area contributed by atoms with E-state index in [-0.39, 0.29) is 5.91 Å². The van der Waals surface area contributed by atoms with Gasteiger partial charge in [0.15, 0.2) is 0 Å². The molecule has 0 atom stereocenters. The van der Waals surface area contributed by atoms with Gasteiger partial charge in [-0.05, 0) is 40.6 Å². The molecule has 1 amide bonds. The fourth-order valence-corrected chi connectivity index (χ4v) is 3.12. The van der Waals surface area contributed by atoms with E-state index >= 15 is 0 Å². The van der Waals surface area contributed by atoms with Crippen LogP contribution in [0.15, 0.2) is 52.7 Å². The first-order valence-electron chi connectivity index (χ1n) is 6.12. The Balaban J connectivity index is 1.69. The van der Waals surface area contributed by atoms with Crippen LogP contribution in [0.5, 0.6) is 0 Å². The number of pyridine rings is 1. The molecule has 1 N–H and O–H groups in total. The van der Waals surface area contributed by atoms with Crippen molar-refractivity contribution in [1.82, 2.24) is 10.3 Å². The highest BCUT2D eigenvalue weighted by atomic mass is 32.1. The summed E-state index contributed by atoms with van der Waals surface area (Å²) >= 11 is 3.09. The van der Waals surface area contributed by atoms with Gasteiger partial charge >= 0.3 is 0 Å². The van der Waals surface area contributed by atoms with Crippen LogP contribution in [0.4, 0.5) is 0 Å². The average molecular weight is 300 g/mol. The highest BCUT2D eigenvalue weighted by molar-refractivity contribution is 7.12. The predicted octanol–water partition coefficient (Wildman–Crippen LogP) is 3.80. The number of rotatable bonds is 4. The minimum absolute atomic E-state index is 0.0334. The molecular weight excluding hydrogens is 288 g/mol. The highest BCUT2D eigenvalue weighted by Gasteiger charge is 2.06. The normalized spacial score (nSPS) is 10.4. The van der Waals surface area contributed by atoms with Gasteiger partial charge in [-0.3, -0.25) is 9.78 Å². The van der Waals surface area contributed by atoms with Crippen LogP contribution in [-0.4, -0.2) is 10.9 Å². The molecule has 3 nitrogen and oxygen atoms in total. The maximum Gasteiger partial charge on any atom is 0.261 e. The lowest BCUT2D eigenvalue weighted by atomic mass is 10.1. The van der Waals surface area contributed by atoms with Gasteiger partial charge in [-0.15, -0.1) is 11.3 Å². The lowest BCUT2D eigenvalue weighted by molar-refractivity contribution is 0.0955. The van der Waals surface area contributed by atoms with Crippen molar-refractivity contribution in [3.8, 4) is 11.3 Å². The molecule has 20 heavy (non-hydrogen) atoms. The third kappa shape index (κ3) is 2.95. The summed E-state index contributed by atoms with van der Waals surface area (Å²) in [6.45, 7) is 0.510. The molecular formula is C15H12N2OS2. The van der Waals surface area contributed by atoms with E-state index in [0.717, 1.165) is 21.7 Å². The molecule has 0 spiro atoms. The van der Waals surface area contributed by atoms with E-state index in [1.165, 1.54) is 11.3 Å². The van der Waals surface area contributed by atoms with Crippen molar-refractivity contribution in [2.75, 3.05) is 0 Å². The van der Waals surface area contributed by atoms with Crippen LogP contribution in [0.1, 0.15) is 15.2 Å². The number of aromatic nitrogens is 1. The Hall–Kier alpha value is -1.98. The molecule has 0 bridgehead atoms. The summed E-state index contributed by atoms with van der Waals surface area (Å²) in [5.41, 5.74) is 3.10. The Morgan fingerprint density at radius 2 is 2.20 bits per heavy atom. The maximum absolute atomic E-state index is 11.9. The lowest BCUT2D eigenvalue weighted by Crippen LogP contribution is -2.21. The first kappa shape index (κ1) is 13.0. The molecule has 3 rings (SSSR count). The van der Waals surface area contributed by atoms with Gasteiger partial charge in [0.25, 0.3) is 5.91 Å². The summed E-state index contributed by atoms with van der Waals surface area (Å²) in [4.78, 5) is 17.0. The minimum atomic E-state index is -0.0334. The number of carbonyl (C=O) groups excluding carboxylic acids is 1. The van der Waals surface area contributed by atoms with E-state index < -0.39 is 0 Å². The maximum atomic E-state index is 11.9. The number of hydrogen-bond donors (Lipinski definition) is 1. The average Bonchev–Trinajstić information content (AvgIpc) is 3.17. The fraction of sp³-hybridized carbons (Fsp3) is 0.0667. The van der Waals surface area contributed by atoms with Gasteiger partial charge in [0.1, 0.15) is 0 Å². The SMILES string of the molecule is O=C(NCc1ccnc(-c2ccsc2)c1)c1cccs1. The van der Waals surface area contributed by atoms with Crippen LogP contribution in [-0.2, 0) is 6.54 Å². The van der Waals surface area contributed by atoms with Crippen LogP contribution in [0.3, 0.4) is 0 Å². The summed E-state index contributed by atoms with van der Waals surface area (Å²) in [6.07, 6.45) is 1.78. The zero-order valence-corrected chi connectivity index (χ0v) is 12.2. The van der Waals surface area contributed by atoms with Crippen molar-refractivity contribution in [2.45, 2.75) is 6.54 Å². The molecule has 0 saturated carbocycles. The Bertz CT molecular complexity index is 691. The summed E-state index contributed by atoms with van der Waals surface area (Å²) in [5.74, 6) is -0.0334. The number of hydrogen-bond acceptors (Lipinski definition) is 4. The van der Waals surface area contributed by atoms with Gasteiger partial charge in [-0.25, -0.2) is 0 Å². The monoisotopic (exact) mass is 300 g/mol. The summed E-state index contributed by atoms with van der Waals surface area (Å²) < 4.78 is 0. The van der Waals surface area contributed by atoms with Crippen LogP contribution >= 0.6 is 22.7 Å². The van der Waals surface area contributed by atoms with Crippen molar-refractivity contribution in [3.05, 3.63) is 63.1 Å². The molecule has 0 unspecified atom stereocenters. The molecule has 100 valence electrons. The molecule has 3 heterocycles. The lowest BCUT2D eigenvalue weighted by Gasteiger charge is -2.05. The Morgan fingerprint density at radius 3 is 2.95 bits per heavy atom. The smallest absolute Gasteiger partial charge is 0.261 e. The number of nitrogens with one attached hydrogen (secondary N) is 1. The standard InChI is InChI=1S/C15H12N2OS2/c18-15(14-2-1-6-20-14)17-9-11-3-5-16-13(8-11)12-4-7-19-10-12/h1-8,10H,9H2,(H,17,18). The second kappa shape index (κ2) is 5.98. The summed E-state index contributed by atoms with van der Waals surface area (Å²) in [6, 6.07) is 9.67. The Kier molecular flexibility index (Phi) is 3.90. The third-order valence-corrected chi connectivity index (χ3v) is 4.39. The Morgan fingerprint density at radius 1 is 1.25 bits per heavy atom. The molecule has 3 aromatic heterocycles. The van der Waals surface area contributed by atoms with E-state index in [4.69, 9.17) is 0 Å². The summed E-state index contributed by atoms with van der Waals surface area (Å²) in [7, 11) is 0. The van der Waals surface area contributed by atoms with Crippen molar-refractivity contribution in [2.24, 2.45) is 0 Å². The quantitative estimate of drug-likeness (QED) is 0.796. The van der Waals surface area contributed by atoms with Crippen LogP contribution in [0.2, 0.25) is 0 Å². The fourth-order valence-electron chi connectivity index (χ4n) is 1.83. The summed E-state index contributed by atoms with van der Waals surface area (Å²) in [5, 5.41) is 8.91. The second-order valence-electron chi connectivity index (χ2n) is 4.22. The third-order valence-electron chi connectivity index (χ3n) is 2.84. The van der Waals surface area contributed by atoms with Gasteiger partial charge in [0, 0.05) is 23.7 Å². The minimum Gasteiger partial charge on any atom is -0.347 e. The molecule has 3 aromatic rings. The number of thiophene rings is 2. The van der Waals surface area contributed by atoms with E-state index in [1.807, 2.05) is 41.1 Å². The molecule has 5 heteroatoms. The largest absolute Gasteiger partial charge is 0.347 e. The number of amides is 1. The number of carbonyl (C=O) groups is 1. The molecule has 0 aliphatic rings. The van der Waals surface area contributed by atoms with Gasteiger partial charge in [-0.1, -0.05) is 6.07 Å². The molecule has 0 aromatic carbocycles. The first-order valence-corrected chi connectivity index (χ1v) is 7.94. The van der Waals surface area contributed by atoms with Crippen molar-refractivity contribution in [1.29, 1.82) is 0 Å². The zero-order chi connectivity index (χ0) is 13.8. The van der Waals surface area contributed by atoms with Gasteiger partial charge in [0.05, 0.1) is 10.6 Å². The van der Waals surface area contributed by atoms with Crippen LogP contribution in [0, 0.1) is 0 Å². The molecule has 0 aliphatic carbocycles. The number of nitrogens with zero attached hydrogens (tertiary/aromatic N) is 1. The molecule has 0 saturated heterocycles. The van der Waals surface area contributed by atoms with E-state index in [2.05, 4.69) is 15.7 Å².